The first-order valence-corrected chi connectivity index (χ1v) is 13.0. The van der Waals surface area contributed by atoms with Gasteiger partial charge >= 0.3 is 6.09 Å². The highest BCUT2D eigenvalue weighted by atomic mass is 19.3. The molecule has 1 aromatic carbocycles. The first-order valence-electron chi connectivity index (χ1n) is 13.0. The van der Waals surface area contributed by atoms with Gasteiger partial charge in [0.15, 0.2) is 0 Å². The molecule has 4 aromatic rings. The number of nitrogens with zero attached hydrogens (tertiary/aromatic N) is 7. The van der Waals surface area contributed by atoms with E-state index in [1.54, 1.807) is 24.3 Å². The molecule has 0 saturated carbocycles. The number of carbonyl (C=O) groups is 2. The number of likely N-dealkylation sites (tertiary alicyclic amines) is 1. The number of alkyl halides is 2. The number of aromatic nitrogens is 6. The normalized spacial score (nSPS) is 15.7. The molecule has 4 heterocycles. The summed E-state index contributed by atoms with van der Waals surface area (Å²) in [4.78, 5) is 42.3. The number of imidazole rings is 1. The summed E-state index contributed by atoms with van der Waals surface area (Å²) in [5.41, 5.74) is 5.15. The van der Waals surface area contributed by atoms with Crippen molar-refractivity contribution in [2.75, 3.05) is 13.1 Å². The van der Waals surface area contributed by atoms with E-state index in [1.807, 2.05) is 0 Å². The maximum atomic E-state index is 13.5. The number of halogens is 3. The van der Waals surface area contributed by atoms with Crippen LogP contribution in [0.15, 0.2) is 53.8 Å². The predicted octanol–water partition coefficient (Wildman–Crippen LogP) is 1.74. The molecule has 1 aliphatic rings. The lowest BCUT2D eigenvalue weighted by Crippen LogP contribution is -2.50. The third-order valence-corrected chi connectivity index (χ3v) is 7.23. The molecular formula is C26H27F3N8O5. The molecule has 16 heteroatoms. The highest BCUT2D eigenvalue weighted by molar-refractivity contribution is 5.76. The van der Waals surface area contributed by atoms with Crippen LogP contribution in [0.5, 0.6) is 0 Å². The van der Waals surface area contributed by atoms with Crippen LogP contribution in [-0.2, 0) is 22.7 Å². The Hall–Kier alpha value is -4.73. The van der Waals surface area contributed by atoms with E-state index >= 15 is 0 Å². The molecule has 0 aliphatic carbocycles. The van der Waals surface area contributed by atoms with Gasteiger partial charge in [0.1, 0.15) is 19.0 Å². The van der Waals surface area contributed by atoms with Gasteiger partial charge in [0.25, 0.3) is 12.0 Å². The Morgan fingerprint density at radius 2 is 1.86 bits per heavy atom. The van der Waals surface area contributed by atoms with Crippen molar-refractivity contribution in [1.82, 2.24) is 33.8 Å². The Labute approximate surface area is 235 Å². The van der Waals surface area contributed by atoms with Gasteiger partial charge in [-0.1, -0.05) is 24.3 Å². The summed E-state index contributed by atoms with van der Waals surface area (Å²) < 4.78 is 48.4. The average Bonchev–Trinajstić information content (AvgIpc) is 3.59. The van der Waals surface area contributed by atoms with Crippen LogP contribution in [0.4, 0.5) is 18.0 Å². The Kier molecular flexibility index (Phi) is 7.98. The Bertz CT molecular complexity index is 1640. The number of amides is 2. The highest BCUT2D eigenvalue weighted by Crippen LogP contribution is 2.27. The first-order chi connectivity index (χ1) is 20.0. The Balaban J connectivity index is 1.23. The van der Waals surface area contributed by atoms with Crippen LogP contribution in [0.2, 0.25) is 0 Å². The number of hydrogen-bond donors (Lipinski definition) is 2. The van der Waals surface area contributed by atoms with Crippen molar-refractivity contribution in [2.24, 2.45) is 5.73 Å². The lowest BCUT2D eigenvalue weighted by molar-refractivity contribution is -0.138. The molecule has 0 radical (unpaired) electrons. The second kappa shape index (κ2) is 11.6. The van der Waals surface area contributed by atoms with Crippen LogP contribution >= 0.6 is 0 Å². The van der Waals surface area contributed by atoms with Crippen LogP contribution < -0.4 is 11.3 Å². The van der Waals surface area contributed by atoms with Crippen LogP contribution in [0, 0.1) is 5.95 Å². The topological polar surface area (TPSA) is 163 Å². The zero-order chi connectivity index (χ0) is 30.0. The van der Waals surface area contributed by atoms with Crippen molar-refractivity contribution in [3.63, 3.8) is 0 Å². The van der Waals surface area contributed by atoms with Gasteiger partial charge in [-0.3, -0.25) is 18.8 Å². The van der Waals surface area contributed by atoms with Crippen LogP contribution in [0.1, 0.15) is 30.9 Å². The maximum Gasteiger partial charge on any atom is 0.404 e. The summed E-state index contributed by atoms with van der Waals surface area (Å²) in [6.07, 6.45) is -0.366. The fourth-order valence-electron chi connectivity index (χ4n) is 4.89. The SMILES string of the molecule is NC(=O)OCc1ccc(-c2cnc3c(=O)n(CC4(O)CCN(C(=O)CC(C(F)F)n5ccc(F)n5)CC4)cnn23)cc1. The van der Waals surface area contributed by atoms with E-state index < -0.39 is 48.0 Å². The quantitative estimate of drug-likeness (QED) is 0.299. The minimum Gasteiger partial charge on any atom is -0.445 e. The standard InChI is InChI=1S/C26H27F3N8O5/c27-20-5-8-36(33-20)18(22(28)29)11-21(38)34-9-6-26(41,7-10-34)14-35-15-32-37-19(12-31-23(37)24(35)39)17-3-1-16(2-4-17)13-42-25(30)40/h1-5,8,12,15,18,22,41H,6-7,9-11,13-14H2,(H2,30,40). The number of benzene rings is 1. The zero-order valence-electron chi connectivity index (χ0n) is 22.1. The van der Waals surface area contributed by atoms with Gasteiger partial charge in [0.05, 0.1) is 30.5 Å². The largest absolute Gasteiger partial charge is 0.445 e. The first kappa shape index (κ1) is 28.8. The van der Waals surface area contributed by atoms with Crippen molar-refractivity contribution in [1.29, 1.82) is 0 Å². The lowest BCUT2D eigenvalue weighted by Gasteiger charge is -2.38. The summed E-state index contributed by atoms with van der Waals surface area (Å²) in [7, 11) is 0. The molecule has 1 fully saturated rings. The van der Waals surface area contributed by atoms with Crippen LogP contribution in [0.25, 0.3) is 16.9 Å². The van der Waals surface area contributed by atoms with Gasteiger partial charge < -0.3 is 20.5 Å². The van der Waals surface area contributed by atoms with Crippen molar-refractivity contribution in [3.8, 4) is 11.3 Å². The zero-order valence-corrected chi connectivity index (χ0v) is 22.1. The van der Waals surface area contributed by atoms with Crippen molar-refractivity contribution >= 4 is 17.6 Å². The Morgan fingerprint density at radius 1 is 1.14 bits per heavy atom. The van der Waals surface area contributed by atoms with E-state index in [0.717, 1.165) is 16.9 Å². The molecule has 1 saturated heterocycles. The number of ether oxygens (including phenoxy) is 1. The number of piperidine rings is 1. The van der Waals surface area contributed by atoms with E-state index in [-0.39, 0.29) is 44.7 Å². The number of fused-ring (bicyclic) bond motifs is 1. The second-order valence-electron chi connectivity index (χ2n) is 10.1. The molecule has 0 spiro atoms. The predicted molar refractivity (Wildman–Crippen MR) is 140 cm³/mol. The average molecular weight is 589 g/mol. The monoisotopic (exact) mass is 588 g/mol. The molecule has 3 aromatic heterocycles. The van der Waals surface area contributed by atoms with Gasteiger partial charge in [-0.05, 0) is 18.4 Å². The van der Waals surface area contributed by atoms with E-state index in [9.17, 15) is 32.7 Å². The van der Waals surface area contributed by atoms with E-state index in [2.05, 4.69) is 15.2 Å². The smallest absolute Gasteiger partial charge is 0.404 e. The molecular weight excluding hydrogens is 561 g/mol. The molecule has 0 bridgehead atoms. The number of primary amides is 1. The molecule has 13 nitrogen and oxygen atoms in total. The number of carbonyl (C=O) groups excluding carboxylic acids is 2. The van der Waals surface area contributed by atoms with Gasteiger partial charge in [-0.15, -0.1) is 5.10 Å². The fraction of sp³-hybridized carbons (Fsp3) is 0.385. The Morgan fingerprint density at radius 3 is 2.48 bits per heavy atom. The summed E-state index contributed by atoms with van der Waals surface area (Å²) in [6, 6.07) is 6.29. The number of hydrogen-bond acceptors (Lipinski definition) is 8. The molecule has 1 atom stereocenters. The second-order valence-corrected chi connectivity index (χ2v) is 10.1. The van der Waals surface area contributed by atoms with Crippen LogP contribution in [0.3, 0.4) is 0 Å². The van der Waals surface area contributed by atoms with E-state index in [0.29, 0.717) is 16.8 Å². The van der Waals surface area contributed by atoms with Crippen LogP contribution in [-0.4, -0.2) is 76.1 Å². The van der Waals surface area contributed by atoms with Crippen molar-refractivity contribution < 1.29 is 32.6 Å². The molecule has 2 amide bonds. The molecule has 1 aliphatic heterocycles. The lowest BCUT2D eigenvalue weighted by atomic mass is 9.91. The number of aliphatic hydroxyl groups is 1. The molecule has 3 N–H and O–H groups in total. The van der Waals surface area contributed by atoms with Gasteiger partial charge in [0, 0.05) is 30.9 Å². The molecule has 42 heavy (non-hydrogen) atoms. The highest BCUT2D eigenvalue weighted by Gasteiger charge is 2.36. The fourth-order valence-corrected chi connectivity index (χ4v) is 4.89. The maximum absolute atomic E-state index is 13.5. The summed E-state index contributed by atoms with van der Waals surface area (Å²) >= 11 is 0. The molecule has 5 rings (SSSR count). The van der Waals surface area contributed by atoms with Gasteiger partial charge in [-0.2, -0.15) is 9.49 Å². The third-order valence-electron chi connectivity index (χ3n) is 7.23. The summed E-state index contributed by atoms with van der Waals surface area (Å²) in [5.74, 6) is -1.50. The van der Waals surface area contributed by atoms with E-state index in [4.69, 9.17) is 10.5 Å². The van der Waals surface area contributed by atoms with Gasteiger partial charge in [-0.25, -0.2) is 23.1 Å². The third kappa shape index (κ3) is 6.12. The molecule has 222 valence electrons. The number of rotatable bonds is 9. The summed E-state index contributed by atoms with van der Waals surface area (Å²) in [6.45, 7) is 0.0674. The van der Waals surface area contributed by atoms with Crippen molar-refractivity contribution in [3.05, 3.63) is 70.9 Å². The van der Waals surface area contributed by atoms with E-state index in [1.165, 1.54) is 26.5 Å². The minimum absolute atomic E-state index is 0.0171. The van der Waals surface area contributed by atoms with Gasteiger partial charge in [0.2, 0.25) is 17.5 Å². The number of nitrogens with two attached hydrogens (primary N) is 1. The van der Waals surface area contributed by atoms with Crippen molar-refractivity contribution in [2.45, 2.75) is 50.5 Å². The summed E-state index contributed by atoms with van der Waals surface area (Å²) in [5, 5.41) is 18.9. The molecule has 1 unspecified atom stereocenters. The minimum atomic E-state index is -2.94.